The van der Waals surface area contributed by atoms with Gasteiger partial charge < -0.3 is 10.1 Å². The number of aryl methyl sites for hydroxylation is 1. The third kappa shape index (κ3) is 2.27. The van der Waals surface area contributed by atoms with Gasteiger partial charge in [0.05, 0.1) is 0 Å². The molecule has 0 aliphatic rings. The fraction of sp³-hybridized carbons (Fsp3) is 0.500. The molecule has 0 radical (unpaired) electrons. The number of methoxy groups -OCH3 is 1. The van der Waals surface area contributed by atoms with E-state index in [0.717, 1.165) is 31.1 Å². The molecule has 0 atom stereocenters. The Bertz CT molecular complexity index is 467. The minimum Gasteiger partial charge on any atom is -0.385 e. The van der Waals surface area contributed by atoms with Crippen LogP contribution in [0.25, 0.3) is 5.78 Å². The van der Waals surface area contributed by atoms with Crippen molar-refractivity contribution in [1.82, 2.24) is 19.6 Å². The number of fused-ring (bicyclic) bond motifs is 1. The van der Waals surface area contributed by atoms with Crippen LogP contribution in [0.5, 0.6) is 0 Å². The summed E-state index contributed by atoms with van der Waals surface area (Å²) < 4.78 is 6.68. The Hall–Kier alpha value is -1.69. The van der Waals surface area contributed by atoms with Crippen molar-refractivity contribution in [3.63, 3.8) is 0 Å². The van der Waals surface area contributed by atoms with Crippen molar-refractivity contribution in [3.05, 3.63) is 18.1 Å². The molecule has 2 rings (SSSR count). The van der Waals surface area contributed by atoms with Gasteiger partial charge in [0, 0.05) is 32.0 Å². The van der Waals surface area contributed by atoms with E-state index in [4.69, 9.17) is 4.74 Å². The Morgan fingerprint density at radius 3 is 3.19 bits per heavy atom. The number of nitrogens with zero attached hydrogens (tertiary/aromatic N) is 4. The Morgan fingerprint density at radius 2 is 2.38 bits per heavy atom. The molecule has 0 bridgehead atoms. The zero-order valence-electron chi connectivity index (χ0n) is 9.47. The lowest BCUT2D eigenvalue weighted by molar-refractivity contribution is 0.197. The van der Waals surface area contributed by atoms with E-state index in [2.05, 4.69) is 20.4 Å². The molecule has 16 heavy (non-hydrogen) atoms. The number of rotatable bonds is 5. The third-order valence-electron chi connectivity index (χ3n) is 2.21. The lowest BCUT2D eigenvalue weighted by Gasteiger charge is -2.07. The van der Waals surface area contributed by atoms with Crippen molar-refractivity contribution in [2.24, 2.45) is 0 Å². The Labute approximate surface area is 93.7 Å². The van der Waals surface area contributed by atoms with Gasteiger partial charge in [-0.05, 0) is 13.3 Å². The van der Waals surface area contributed by atoms with Gasteiger partial charge in [-0.15, -0.1) is 0 Å². The van der Waals surface area contributed by atoms with E-state index in [9.17, 15) is 0 Å². The van der Waals surface area contributed by atoms with Crippen molar-refractivity contribution >= 4 is 11.6 Å². The Balaban J connectivity index is 2.12. The summed E-state index contributed by atoms with van der Waals surface area (Å²) in [4.78, 5) is 8.33. The zero-order valence-corrected chi connectivity index (χ0v) is 9.47. The average Bonchev–Trinajstić information content (AvgIpc) is 2.72. The van der Waals surface area contributed by atoms with Crippen LogP contribution in [0.3, 0.4) is 0 Å². The molecule has 6 heteroatoms. The van der Waals surface area contributed by atoms with Gasteiger partial charge in [-0.25, -0.2) is 4.98 Å². The van der Waals surface area contributed by atoms with Crippen LogP contribution in [0.1, 0.15) is 12.1 Å². The maximum atomic E-state index is 4.99. The number of hydrogen-bond donors (Lipinski definition) is 1. The standard InChI is InChI=1S/C10H15N5O/c1-8-6-9(11-4-3-5-16-2)15-10(14-8)12-7-13-15/h6-7,11H,3-5H2,1-2H3. The van der Waals surface area contributed by atoms with Crippen LogP contribution in [-0.4, -0.2) is 39.8 Å². The van der Waals surface area contributed by atoms with Gasteiger partial charge in [0.2, 0.25) is 0 Å². The molecule has 2 heterocycles. The number of aromatic nitrogens is 4. The SMILES string of the molecule is COCCCNc1cc(C)nc2ncnn12. The van der Waals surface area contributed by atoms with Gasteiger partial charge >= 0.3 is 0 Å². The molecule has 2 aromatic heterocycles. The monoisotopic (exact) mass is 221 g/mol. The van der Waals surface area contributed by atoms with E-state index in [-0.39, 0.29) is 0 Å². The van der Waals surface area contributed by atoms with Crippen LogP contribution in [-0.2, 0) is 4.74 Å². The molecule has 6 nitrogen and oxygen atoms in total. The first kappa shape index (κ1) is 10.8. The Morgan fingerprint density at radius 1 is 1.50 bits per heavy atom. The maximum Gasteiger partial charge on any atom is 0.254 e. The molecule has 1 N–H and O–H groups in total. The first-order valence-electron chi connectivity index (χ1n) is 5.21. The molecule has 0 saturated heterocycles. The fourth-order valence-electron chi connectivity index (χ4n) is 1.49. The predicted molar refractivity (Wildman–Crippen MR) is 60.5 cm³/mol. The highest BCUT2D eigenvalue weighted by molar-refractivity contribution is 5.44. The number of anilines is 1. The highest BCUT2D eigenvalue weighted by Crippen LogP contribution is 2.09. The number of nitrogens with one attached hydrogen (secondary N) is 1. The molecule has 0 aromatic carbocycles. The van der Waals surface area contributed by atoms with E-state index in [0.29, 0.717) is 5.78 Å². The highest BCUT2D eigenvalue weighted by atomic mass is 16.5. The van der Waals surface area contributed by atoms with E-state index < -0.39 is 0 Å². The predicted octanol–water partition coefficient (Wildman–Crippen LogP) is 0.881. The summed E-state index contributed by atoms with van der Waals surface area (Å²) in [5.74, 6) is 1.53. The molecule has 0 aliphatic heterocycles. The van der Waals surface area contributed by atoms with Crippen molar-refractivity contribution in [3.8, 4) is 0 Å². The van der Waals surface area contributed by atoms with Gasteiger partial charge in [0.1, 0.15) is 12.1 Å². The van der Waals surface area contributed by atoms with E-state index in [1.165, 1.54) is 6.33 Å². The summed E-state index contributed by atoms with van der Waals surface area (Å²) in [5, 5.41) is 7.40. The molecule has 86 valence electrons. The number of ether oxygens (including phenoxy) is 1. The molecule has 0 spiro atoms. The van der Waals surface area contributed by atoms with E-state index in [1.807, 2.05) is 13.0 Å². The second kappa shape index (κ2) is 4.89. The summed E-state index contributed by atoms with van der Waals surface area (Å²) in [7, 11) is 1.70. The fourth-order valence-corrected chi connectivity index (χ4v) is 1.49. The molecule has 0 aliphatic carbocycles. The van der Waals surface area contributed by atoms with Gasteiger partial charge in [-0.2, -0.15) is 14.6 Å². The van der Waals surface area contributed by atoms with Gasteiger partial charge in [-0.1, -0.05) is 0 Å². The van der Waals surface area contributed by atoms with Crippen molar-refractivity contribution in [2.45, 2.75) is 13.3 Å². The minimum atomic E-state index is 0.620. The average molecular weight is 221 g/mol. The molecule has 0 fully saturated rings. The van der Waals surface area contributed by atoms with Gasteiger partial charge in [-0.3, -0.25) is 0 Å². The molecule has 0 saturated carbocycles. The summed E-state index contributed by atoms with van der Waals surface area (Å²) in [6.07, 6.45) is 2.45. The van der Waals surface area contributed by atoms with Crippen molar-refractivity contribution < 1.29 is 4.74 Å². The second-order valence-corrected chi connectivity index (χ2v) is 3.53. The second-order valence-electron chi connectivity index (χ2n) is 3.53. The highest BCUT2D eigenvalue weighted by Gasteiger charge is 2.04. The molecular weight excluding hydrogens is 206 g/mol. The maximum absolute atomic E-state index is 4.99. The van der Waals surface area contributed by atoms with E-state index >= 15 is 0 Å². The normalized spacial score (nSPS) is 10.9. The molecular formula is C10H15N5O. The smallest absolute Gasteiger partial charge is 0.254 e. The van der Waals surface area contributed by atoms with Crippen LogP contribution < -0.4 is 5.32 Å². The van der Waals surface area contributed by atoms with Crippen LogP contribution in [0.4, 0.5) is 5.82 Å². The quantitative estimate of drug-likeness (QED) is 0.759. The summed E-state index contributed by atoms with van der Waals surface area (Å²) in [6, 6.07) is 1.95. The molecule has 0 amide bonds. The van der Waals surface area contributed by atoms with Crippen LogP contribution in [0.15, 0.2) is 12.4 Å². The topological polar surface area (TPSA) is 64.3 Å². The van der Waals surface area contributed by atoms with Crippen LogP contribution >= 0.6 is 0 Å². The zero-order chi connectivity index (χ0) is 11.4. The largest absolute Gasteiger partial charge is 0.385 e. The first-order chi connectivity index (χ1) is 7.81. The summed E-state index contributed by atoms with van der Waals surface area (Å²) >= 11 is 0. The lowest BCUT2D eigenvalue weighted by Crippen LogP contribution is -2.09. The summed E-state index contributed by atoms with van der Waals surface area (Å²) in [5.41, 5.74) is 0.926. The minimum absolute atomic E-state index is 0.620. The molecule has 0 unspecified atom stereocenters. The Kier molecular flexibility index (Phi) is 3.31. The number of hydrogen-bond acceptors (Lipinski definition) is 5. The van der Waals surface area contributed by atoms with Gasteiger partial charge in [0.15, 0.2) is 0 Å². The van der Waals surface area contributed by atoms with Crippen LogP contribution in [0.2, 0.25) is 0 Å². The van der Waals surface area contributed by atoms with Crippen molar-refractivity contribution in [1.29, 1.82) is 0 Å². The lowest BCUT2D eigenvalue weighted by atomic mass is 10.4. The molecule has 2 aromatic rings. The third-order valence-corrected chi connectivity index (χ3v) is 2.21. The van der Waals surface area contributed by atoms with Crippen LogP contribution in [0, 0.1) is 6.92 Å². The first-order valence-corrected chi connectivity index (χ1v) is 5.21. The van der Waals surface area contributed by atoms with Gasteiger partial charge in [0.25, 0.3) is 5.78 Å². The summed E-state index contributed by atoms with van der Waals surface area (Å²) in [6.45, 7) is 3.53. The van der Waals surface area contributed by atoms with Crippen molar-refractivity contribution in [2.75, 3.05) is 25.6 Å². The van der Waals surface area contributed by atoms with E-state index in [1.54, 1.807) is 11.6 Å².